The van der Waals surface area contributed by atoms with E-state index >= 15 is 0 Å². The minimum atomic E-state index is 0.651. The van der Waals surface area contributed by atoms with Crippen LogP contribution in [0.4, 0.5) is 5.69 Å². The monoisotopic (exact) mass is 304 g/mol. The van der Waals surface area contributed by atoms with Crippen LogP contribution in [0.25, 0.3) is 0 Å². The van der Waals surface area contributed by atoms with Gasteiger partial charge in [0.25, 0.3) is 0 Å². The van der Waals surface area contributed by atoms with Gasteiger partial charge in [0.2, 0.25) is 0 Å². The minimum absolute atomic E-state index is 0.651. The molecule has 18 heavy (non-hydrogen) atoms. The number of nitriles is 1. The number of benzene rings is 1. The highest BCUT2D eigenvalue weighted by atomic mass is 79.9. The molecule has 0 fully saturated rings. The van der Waals surface area contributed by atoms with Gasteiger partial charge >= 0.3 is 0 Å². The van der Waals surface area contributed by atoms with Gasteiger partial charge in [-0.3, -0.25) is 0 Å². The highest BCUT2D eigenvalue weighted by Crippen LogP contribution is 2.28. The van der Waals surface area contributed by atoms with Crippen molar-refractivity contribution in [3.8, 4) is 6.07 Å². The van der Waals surface area contributed by atoms with Gasteiger partial charge in [0.15, 0.2) is 0 Å². The molecule has 0 unspecified atom stereocenters. The number of halogens is 1. The van der Waals surface area contributed by atoms with Gasteiger partial charge in [-0.2, -0.15) is 5.26 Å². The van der Waals surface area contributed by atoms with Crippen LogP contribution >= 0.6 is 15.9 Å². The van der Waals surface area contributed by atoms with E-state index in [-0.39, 0.29) is 0 Å². The van der Waals surface area contributed by atoms with Gasteiger partial charge in [0.1, 0.15) is 5.76 Å². The van der Waals surface area contributed by atoms with Crippen molar-refractivity contribution in [2.75, 3.05) is 11.9 Å². The zero-order chi connectivity index (χ0) is 13.1. The van der Waals surface area contributed by atoms with Crippen LogP contribution in [-0.4, -0.2) is 7.05 Å². The number of hydrogen-bond donors (Lipinski definition) is 0. The van der Waals surface area contributed by atoms with Crippen molar-refractivity contribution in [2.24, 2.45) is 0 Å². The molecule has 0 saturated heterocycles. The molecular weight excluding hydrogens is 292 g/mol. The van der Waals surface area contributed by atoms with E-state index in [1.807, 2.05) is 38.2 Å². The fraction of sp³-hybridized carbons (Fsp3) is 0.214. The number of rotatable bonds is 3. The van der Waals surface area contributed by atoms with E-state index in [9.17, 15) is 0 Å². The summed E-state index contributed by atoms with van der Waals surface area (Å²) >= 11 is 3.49. The van der Waals surface area contributed by atoms with Crippen LogP contribution in [0.2, 0.25) is 0 Å². The summed E-state index contributed by atoms with van der Waals surface area (Å²) in [4.78, 5) is 2.11. The Hall–Kier alpha value is -1.73. The Labute approximate surface area is 115 Å². The topological polar surface area (TPSA) is 40.2 Å². The summed E-state index contributed by atoms with van der Waals surface area (Å²) in [5.41, 5.74) is 2.86. The molecule has 1 aromatic carbocycles. The summed E-state index contributed by atoms with van der Waals surface area (Å²) in [6.45, 7) is 2.73. The van der Waals surface area contributed by atoms with Gasteiger partial charge in [0.05, 0.1) is 23.6 Å². The normalized spacial score (nSPS) is 10.1. The molecule has 0 radical (unpaired) electrons. The van der Waals surface area contributed by atoms with E-state index in [2.05, 4.69) is 26.9 Å². The highest BCUT2D eigenvalue weighted by Gasteiger charge is 2.09. The Kier molecular flexibility index (Phi) is 3.73. The van der Waals surface area contributed by atoms with E-state index < -0.39 is 0 Å². The van der Waals surface area contributed by atoms with Crippen LogP contribution in [0.3, 0.4) is 0 Å². The van der Waals surface area contributed by atoms with Crippen molar-refractivity contribution in [3.63, 3.8) is 0 Å². The molecule has 0 bridgehead atoms. The van der Waals surface area contributed by atoms with E-state index in [0.29, 0.717) is 5.56 Å². The van der Waals surface area contributed by atoms with E-state index in [4.69, 9.17) is 9.68 Å². The molecule has 1 heterocycles. The molecule has 2 aromatic rings. The maximum Gasteiger partial charge on any atom is 0.105 e. The Bertz CT molecular complexity index is 598. The average molecular weight is 305 g/mol. The fourth-order valence-corrected chi connectivity index (χ4v) is 2.48. The summed E-state index contributed by atoms with van der Waals surface area (Å²) in [5, 5.41) is 8.84. The van der Waals surface area contributed by atoms with E-state index in [1.165, 1.54) is 0 Å². The molecule has 3 nitrogen and oxygen atoms in total. The number of hydrogen-bond acceptors (Lipinski definition) is 3. The molecule has 0 atom stereocenters. The number of aryl methyl sites for hydroxylation is 1. The lowest BCUT2D eigenvalue weighted by molar-refractivity contribution is 0.529. The Balaban J connectivity index is 2.22. The molecule has 0 aliphatic carbocycles. The first-order chi connectivity index (χ1) is 8.61. The van der Waals surface area contributed by atoms with Gasteiger partial charge in [-0.25, -0.2) is 0 Å². The van der Waals surface area contributed by atoms with Crippen LogP contribution in [0.1, 0.15) is 16.9 Å². The summed E-state index contributed by atoms with van der Waals surface area (Å²) < 4.78 is 6.21. The second kappa shape index (κ2) is 5.28. The Morgan fingerprint density at radius 3 is 2.72 bits per heavy atom. The maximum atomic E-state index is 8.84. The largest absolute Gasteiger partial charge is 0.469 e. The molecule has 0 aliphatic heterocycles. The van der Waals surface area contributed by atoms with Crippen molar-refractivity contribution < 1.29 is 4.42 Å². The number of anilines is 1. The number of nitrogens with zero attached hydrogens (tertiary/aromatic N) is 2. The highest BCUT2D eigenvalue weighted by molar-refractivity contribution is 9.10. The zero-order valence-corrected chi connectivity index (χ0v) is 11.9. The van der Waals surface area contributed by atoms with Gasteiger partial charge in [-0.05, 0) is 47.1 Å². The molecule has 92 valence electrons. The quantitative estimate of drug-likeness (QED) is 0.864. The molecular formula is C14H13BrN2O. The first kappa shape index (κ1) is 12.7. The average Bonchev–Trinajstić information content (AvgIpc) is 2.74. The van der Waals surface area contributed by atoms with Crippen LogP contribution in [-0.2, 0) is 6.54 Å². The van der Waals surface area contributed by atoms with Crippen LogP contribution in [0, 0.1) is 18.3 Å². The van der Waals surface area contributed by atoms with Crippen molar-refractivity contribution in [1.29, 1.82) is 5.26 Å². The van der Waals surface area contributed by atoms with Gasteiger partial charge in [-0.1, -0.05) is 0 Å². The van der Waals surface area contributed by atoms with E-state index in [1.54, 1.807) is 6.26 Å². The zero-order valence-electron chi connectivity index (χ0n) is 10.3. The predicted molar refractivity (Wildman–Crippen MR) is 74.4 cm³/mol. The molecule has 0 spiro atoms. The SMILES string of the molecule is Cc1occc1CN(C)c1ccc(C#N)cc1Br. The van der Waals surface area contributed by atoms with Gasteiger partial charge < -0.3 is 9.32 Å². The van der Waals surface area contributed by atoms with Crippen molar-refractivity contribution in [3.05, 3.63) is 51.9 Å². The molecule has 1 aromatic heterocycles. The second-order valence-corrected chi connectivity index (χ2v) is 4.99. The van der Waals surface area contributed by atoms with Gasteiger partial charge in [0, 0.05) is 23.6 Å². The third kappa shape index (κ3) is 2.57. The molecule has 0 amide bonds. The van der Waals surface area contributed by atoms with Crippen molar-refractivity contribution in [1.82, 2.24) is 0 Å². The lowest BCUT2D eigenvalue weighted by atomic mass is 10.2. The molecule has 2 rings (SSSR count). The third-order valence-corrected chi connectivity index (χ3v) is 3.50. The maximum absolute atomic E-state index is 8.84. The van der Waals surface area contributed by atoms with Crippen molar-refractivity contribution >= 4 is 21.6 Å². The van der Waals surface area contributed by atoms with Crippen LogP contribution in [0.15, 0.2) is 39.4 Å². The Morgan fingerprint density at radius 1 is 1.39 bits per heavy atom. The second-order valence-electron chi connectivity index (χ2n) is 4.14. The molecule has 0 saturated carbocycles. The van der Waals surface area contributed by atoms with Crippen molar-refractivity contribution in [2.45, 2.75) is 13.5 Å². The lowest BCUT2D eigenvalue weighted by Gasteiger charge is -2.20. The molecule has 0 aliphatic rings. The summed E-state index contributed by atoms with van der Waals surface area (Å²) in [5.74, 6) is 0.937. The molecule has 4 heteroatoms. The summed E-state index contributed by atoms with van der Waals surface area (Å²) in [6, 6.07) is 9.69. The first-order valence-electron chi connectivity index (χ1n) is 5.55. The summed E-state index contributed by atoms with van der Waals surface area (Å²) in [7, 11) is 2.01. The minimum Gasteiger partial charge on any atom is -0.469 e. The predicted octanol–water partition coefficient (Wildman–Crippen LogP) is 3.86. The fourth-order valence-electron chi connectivity index (χ4n) is 1.80. The molecule has 0 N–H and O–H groups in total. The third-order valence-electron chi connectivity index (χ3n) is 2.86. The summed E-state index contributed by atoms with van der Waals surface area (Å²) in [6.07, 6.45) is 1.70. The smallest absolute Gasteiger partial charge is 0.105 e. The Morgan fingerprint density at radius 2 is 2.17 bits per heavy atom. The van der Waals surface area contributed by atoms with Crippen LogP contribution in [0.5, 0.6) is 0 Å². The van der Waals surface area contributed by atoms with Gasteiger partial charge in [-0.15, -0.1) is 0 Å². The van der Waals surface area contributed by atoms with Crippen LogP contribution < -0.4 is 4.90 Å². The first-order valence-corrected chi connectivity index (χ1v) is 6.35. The number of furan rings is 1. The lowest BCUT2D eigenvalue weighted by Crippen LogP contribution is -2.17. The van der Waals surface area contributed by atoms with E-state index in [0.717, 1.165) is 28.0 Å². The standard InChI is InChI=1S/C14H13BrN2O/c1-10-12(5-6-18-10)9-17(2)14-4-3-11(8-16)7-13(14)15/h3-7H,9H2,1-2H3.